The number of nitrogens with one attached hydrogen (secondary N) is 1. The molecule has 0 heterocycles. The predicted molar refractivity (Wildman–Crippen MR) is 82.5 cm³/mol. The van der Waals surface area contributed by atoms with Gasteiger partial charge in [0.1, 0.15) is 0 Å². The van der Waals surface area contributed by atoms with Crippen molar-refractivity contribution in [2.24, 2.45) is 5.92 Å². The molecule has 0 bridgehead atoms. The zero-order valence-electron chi connectivity index (χ0n) is 12.7. The van der Waals surface area contributed by atoms with Crippen molar-refractivity contribution in [3.63, 3.8) is 0 Å². The van der Waals surface area contributed by atoms with Crippen LogP contribution in [-0.4, -0.2) is 26.3 Å². The molecule has 112 valence electrons. The van der Waals surface area contributed by atoms with Gasteiger partial charge in [0.2, 0.25) is 0 Å². The van der Waals surface area contributed by atoms with Gasteiger partial charge >= 0.3 is 0 Å². The van der Waals surface area contributed by atoms with E-state index in [0.717, 1.165) is 37.0 Å². The van der Waals surface area contributed by atoms with Crippen LogP contribution in [0.4, 0.5) is 0 Å². The molecule has 2 rings (SSSR count). The van der Waals surface area contributed by atoms with Gasteiger partial charge in [-0.1, -0.05) is 25.5 Å². The smallest absolute Gasteiger partial charge is 0.161 e. The molecular formula is C17H27NO2. The summed E-state index contributed by atoms with van der Waals surface area (Å²) in [7, 11) is 1.68. The van der Waals surface area contributed by atoms with Gasteiger partial charge in [-0.15, -0.1) is 0 Å². The Morgan fingerprint density at radius 1 is 1.20 bits per heavy atom. The first-order valence-corrected chi connectivity index (χ1v) is 7.84. The van der Waals surface area contributed by atoms with Crippen molar-refractivity contribution >= 4 is 0 Å². The van der Waals surface area contributed by atoms with Crippen LogP contribution in [0.5, 0.6) is 11.5 Å². The Morgan fingerprint density at radius 3 is 2.75 bits per heavy atom. The van der Waals surface area contributed by atoms with Crippen LogP contribution < -0.4 is 14.8 Å². The minimum atomic E-state index is 0.691. The second-order valence-corrected chi connectivity index (χ2v) is 5.54. The lowest BCUT2D eigenvalue weighted by Crippen LogP contribution is -2.33. The molecule has 3 nitrogen and oxygen atoms in total. The topological polar surface area (TPSA) is 30.5 Å². The molecule has 0 radical (unpaired) electrons. The zero-order valence-corrected chi connectivity index (χ0v) is 12.7. The molecule has 2 unspecified atom stereocenters. The molecule has 0 aliphatic heterocycles. The first-order chi connectivity index (χ1) is 9.85. The molecule has 0 saturated heterocycles. The Hall–Kier alpha value is -1.22. The fourth-order valence-electron chi connectivity index (χ4n) is 3.04. The lowest BCUT2D eigenvalue weighted by molar-refractivity contribution is 0.250. The summed E-state index contributed by atoms with van der Waals surface area (Å²) in [6.07, 6.45) is 6.33. The number of hydrogen-bond acceptors (Lipinski definition) is 3. The maximum atomic E-state index is 5.89. The van der Waals surface area contributed by atoms with Crippen LogP contribution in [-0.2, 0) is 0 Å². The Morgan fingerprint density at radius 2 is 2.00 bits per heavy atom. The summed E-state index contributed by atoms with van der Waals surface area (Å²) in [5.41, 5.74) is 0. The molecule has 1 aromatic rings. The maximum Gasteiger partial charge on any atom is 0.161 e. The van der Waals surface area contributed by atoms with Crippen LogP contribution in [0.25, 0.3) is 0 Å². The van der Waals surface area contributed by atoms with E-state index in [1.807, 2.05) is 24.3 Å². The van der Waals surface area contributed by atoms with Crippen LogP contribution in [0.3, 0.4) is 0 Å². The second-order valence-electron chi connectivity index (χ2n) is 5.54. The summed E-state index contributed by atoms with van der Waals surface area (Å²) in [5.74, 6) is 2.43. The molecule has 2 atom stereocenters. The second kappa shape index (κ2) is 8.15. The summed E-state index contributed by atoms with van der Waals surface area (Å²) in [4.78, 5) is 0. The highest BCUT2D eigenvalue weighted by Gasteiger charge is 2.26. The molecule has 0 amide bonds. The van der Waals surface area contributed by atoms with Crippen LogP contribution in [0.1, 0.15) is 39.0 Å². The Balaban J connectivity index is 1.77. The van der Waals surface area contributed by atoms with E-state index in [1.54, 1.807) is 7.11 Å². The number of methoxy groups -OCH3 is 1. The average molecular weight is 277 g/mol. The number of hydrogen-bond donors (Lipinski definition) is 1. The zero-order chi connectivity index (χ0) is 14.2. The predicted octanol–water partition coefficient (Wildman–Crippen LogP) is 3.63. The molecule has 1 saturated carbocycles. The molecule has 3 heteroatoms. The SMILES string of the molecule is CCCNC1CCCC1CCOc1ccccc1OC. The van der Waals surface area contributed by atoms with Gasteiger partial charge in [-0.05, 0) is 50.3 Å². The first kappa shape index (κ1) is 15.2. The molecule has 0 aromatic heterocycles. The third-order valence-corrected chi connectivity index (χ3v) is 4.13. The van der Waals surface area contributed by atoms with E-state index in [2.05, 4.69) is 12.2 Å². The van der Waals surface area contributed by atoms with Crippen molar-refractivity contribution in [1.29, 1.82) is 0 Å². The Labute approximate surface area is 122 Å². The van der Waals surface area contributed by atoms with Crippen molar-refractivity contribution in [3.05, 3.63) is 24.3 Å². The van der Waals surface area contributed by atoms with Gasteiger partial charge in [0.25, 0.3) is 0 Å². The van der Waals surface area contributed by atoms with Crippen molar-refractivity contribution in [2.75, 3.05) is 20.3 Å². The fourth-order valence-corrected chi connectivity index (χ4v) is 3.04. The molecule has 20 heavy (non-hydrogen) atoms. The largest absolute Gasteiger partial charge is 0.493 e. The molecule has 1 aliphatic rings. The van der Waals surface area contributed by atoms with E-state index in [9.17, 15) is 0 Å². The number of ether oxygens (including phenoxy) is 2. The van der Waals surface area contributed by atoms with Gasteiger partial charge in [0.05, 0.1) is 13.7 Å². The monoisotopic (exact) mass is 277 g/mol. The van der Waals surface area contributed by atoms with E-state index in [1.165, 1.54) is 25.7 Å². The summed E-state index contributed by atoms with van der Waals surface area (Å²) < 4.78 is 11.2. The molecule has 1 fully saturated rings. The van der Waals surface area contributed by atoms with Crippen molar-refractivity contribution in [3.8, 4) is 11.5 Å². The normalized spacial score (nSPS) is 21.9. The van der Waals surface area contributed by atoms with Crippen LogP contribution in [0.15, 0.2) is 24.3 Å². The number of para-hydroxylation sites is 2. The van der Waals surface area contributed by atoms with E-state index in [-0.39, 0.29) is 0 Å². The Kier molecular flexibility index (Phi) is 6.19. The molecule has 1 aromatic carbocycles. The van der Waals surface area contributed by atoms with Crippen molar-refractivity contribution in [1.82, 2.24) is 5.32 Å². The molecule has 1 aliphatic carbocycles. The maximum absolute atomic E-state index is 5.89. The fraction of sp³-hybridized carbons (Fsp3) is 0.647. The summed E-state index contributed by atoms with van der Waals surface area (Å²) >= 11 is 0. The van der Waals surface area contributed by atoms with Gasteiger partial charge in [0, 0.05) is 6.04 Å². The minimum absolute atomic E-state index is 0.691. The van der Waals surface area contributed by atoms with Crippen molar-refractivity contribution < 1.29 is 9.47 Å². The van der Waals surface area contributed by atoms with Gasteiger partial charge in [0.15, 0.2) is 11.5 Å². The number of rotatable bonds is 8. The molecule has 0 spiro atoms. The van der Waals surface area contributed by atoms with Gasteiger partial charge in [-0.25, -0.2) is 0 Å². The van der Waals surface area contributed by atoms with Gasteiger partial charge < -0.3 is 14.8 Å². The quantitative estimate of drug-likeness (QED) is 0.787. The van der Waals surface area contributed by atoms with E-state index in [4.69, 9.17) is 9.47 Å². The lowest BCUT2D eigenvalue weighted by atomic mass is 10.00. The van der Waals surface area contributed by atoms with Crippen molar-refractivity contribution in [2.45, 2.75) is 45.1 Å². The first-order valence-electron chi connectivity index (χ1n) is 7.84. The van der Waals surface area contributed by atoms with Crippen LogP contribution >= 0.6 is 0 Å². The highest BCUT2D eigenvalue weighted by atomic mass is 16.5. The standard InChI is InChI=1S/C17H27NO2/c1-3-12-18-15-8-6-7-14(15)11-13-20-17-10-5-4-9-16(17)19-2/h4-5,9-10,14-15,18H,3,6-8,11-13H2,1-2H3. The van der Waals surface area contributed by atoms with E-state index < -0.39 is 0 Å². The van der Waals surface area contributed by atoms with E-state index >= 15 is 0 Å². The molecular weight excluding hydrogens is 250 g/mol. The van der Waals surface area contributed by atoms with Gasteiger partial charge in [-0.3, -0.25) is 0 Å². The summed E-state index contributed by atoms with van der Waals surface area (Å²) in [6.45, 7) is 4.13. The highest BCUT2D eigenvalue weighted by Crippen LogP contribution is 2.30. The minimum Gasteiger partial charge on any atom is -0.493 e. The highest BCUT2D eigenvalue weighted by molar-refractivity contribution is 5.39. The summed E-state index contributed by atoms with van der Waals surface area (Å²) in [5, 5.41) is 3.67. The molecule has 1 N–H and O–H groups in total. The van der Waals surface area contributed by atoms with E-state index in [0.29, 0.717) is 6.04 Å². The average Bonchev–Trinajstić information content (AvgIpc) is 2.93. The Bertz CT molecular complexity index is 394. The number of benzene rings is 1. The van der Waals surface area contributed by atoms with Crippen LogP contribution in [0, 0.1) is 5.92 Å². The third-order valence-electron chi connectivity index (χ3n) is 4.13. The van der Waals surface area contributed by atoms with Crippen LogP contribution in [0.2, 0.25) is 0 Å². The summed E-state index contributed by atoms with van der Waals surface area (Å²) in [6, 6.07) is 8.56. The third kappa shape index (κ3) is 4.14. The lowest BCUT2D eigenvalue weighted by Gasteiger charge is -2.21. The van der Waals surface area contributed by atoms with Gasteiger partial charge in [-0.2, -0.15) is 0 Å².